The Kier molecular flexibility index (Phi) is 5.82. The molecule has 0 fully saturated rings. The van der Waals surface area contributed by atoms with Crippen LogP contribution in [0.3, 0.4) is 0 Å². The van der Waals surface area contributed by atoms with Crippen LogP contribution in [0.2, 0.25) is 0 Å². The molecule has 4 aromatic rings. The van der Waals surface area contributed by atoms with Crippen LogP contribution in [0.25, 0.3) is 11.0 Å². The summed E-state index contributed by atoms with van der Waals surface area (Å²) in [7, 11) is 0. The maximum Gasteiger partial charge on any atom is 0.418 e. The maximum absolute atomic E-state index is 14.6. The van der Waals surface area contributed by atoms with Crippen LogP contribution in [0.15, 0.2) is 55.1 Å². The molecular weight excluding hydrogens is 449 g/mol. The van der Waals surface area contributed by atoms with Gasteiger partial charge in [0.05, 0.1) is 10.9 Å². The monoisotopic (exact) mass is 463 g/mol. The number of anilines is 1. The highest BCUT2D eigenvalue weighted by molar-refractivity contribution is 5.89. The minimum Gasteiger partial charge on any atom is -0.450 e. The second-order valence-corrected chi connectivity index (χ2v) is 6.77. The summed E-state index contributed by atoms with van der Waals surface area (Å²) < 4.78 is 74.1. The van der Waals surface area contributed by atoms with Crippen LogP contribution in [0.5, 0.6) is 11.5 Å². The summed E-state index contributed by atoms with van der Waals surface area (Å²) in [6.07, 6.45) is 0.163. The zero-order valence-corrected chi connectivity index (χ0v) is 16.5. The minimum absolute atomic E-state index is 0.150. The molecule has 7 nitrogen and oxygen atoms in total. The molecule has 0 aliphatic rings. The number of alkyl halides is 3. The number of fused-ring (bicyclic) bond motifs is 1. The summed E-state index contributed by atoms with van der Waals surface area (Å²) in [5.41, 5.74) is -0.717. The van der Waals surface area contributed by atoms with E-state index >= 15 is 0 Å². The lowest BCUT2D eigenvalue weighted by atomic mass is 10.2. The van der Waals surface area contributed by atoms with Crippen LogP contribution in [-0.4, -0.2) is 21.0 Å². The van der Waals surface area contributed by atoms with E-state index in [-0.39, 0.29) is 17.9 Å². The number of nitrogens with one attached hydrogen (secondary N) is 3. The summed E-state index contributed by atoms with van der Waals surface area (Å²) in [6, 6.07) is 5.25. The highest BCUT2D eigenvalue weighted by Gasteiger charge is 2.35. The Morgan fingerprint density at radius 2 is 1.76 bits per heavy atom. The van der Waals surface area contributed by atoms with Crippen LogP contribution in [0, 0.1) is 11.6 Å². The average molecular weight is 463 g/mol. The normalized spacial score (nSPS) is 11.4. The molecule has 0 saturated carbocycles. The SMILES string of the molecule is O=C(NCc1ccncc1)Nc1cc(F)c(Oc2ccnc3[nH]cc(C(F)(F)F)c23)c(F)c1. The van der Waals surface area contributed by atoms with Crippen LogP contribution < -0.4 is 15.4 Å². The standard InChI is InChI=1S/C21H14F5N5O2/c22-14-7-12(31-20(32)30-9-11-1-4-27-5-2-11)8-15(23)18(14)33-16-3-6-28-19-17(16)13(10-29-19)21(24,25)26/h1-8,10H,9H2,(H,28,29)(H2,30,31,32). The molecule has 0 aliphatic carbocycles. The van der Waals surface area contributed by atoms with E-state index in [0.29, 0.717) is 6.20 Å². The van der Waals surface area contributed by atoms with Crippen molar-refractivity contribution in [3.63, 3.8) is 0 Å². The molecule has 3 aromatic heterocycles. The number of pyridine rings is 2. The topological polar surface area (TPSA) is 91.9 Å². The van der Waals surface area contributed by atoms with Crippen molar-refractivity contribution in [2.75, 3.05) is 5.32 Å². The van der Waals surface area contributed by atoms with Crippen LogP contribution >= 0.6 is 0 Å². The van der Waals surface area contributed by atoms with E-state index in [9.17, 15) is 26.7 Å². The molecule has 0 unspecified atom stereocenters. The van der Waals surface area contributed by atoms with E-state index in [1.54, 1.807) is 24.5 Å². The highest BCUT2D eigenvalue weighted by Crippen LogP contribution is 2.40. The molecule has 1 aromatic carbocycles. The van der Waals surface area contributed by atoms with Gasteiger partial charge in [0.1, 0.15) is 11.4 Å². The van der Waals surface area contributed by atoms with E-state index in [1.807, 2.05) is 0 Å². The van der Waals surface area contributed by atoms with Gasteiger partial charge in [-0.05, 0) is 23.8 Å². The lowest BCUT2D eigenvalue weighted by Gasteiger charge is -2.13. The number of H-pyrrole nitrogens is 1. The fourth-order valence-corrected chi connectivity index (χ4v) is 3.03. The van der Waals surface area contributed by atoms with Crippen LogP contribution in [-0.2, 0) is 12.7 Å². The lowest BCUT2D eigenvalue weighted by Crippen LogP contribution is -2.28. The fraction of sp³-hybridized carbons (Fsp3) is 0.0952. The molecule has 3 heterocycles. The largest absolute Gasteiger partial charge is 0.450 e. The van der Waals surface area contributed by atoms with Gasteiger partial charge in [-0.2, -0.15) is 13.2 Å². The molecule has 0 aliphatic heterocycles. The van der Waals surface area contributed by atoms with Gasteiger partial charge in [0.15, 0.2) is 17.4 Å². The molecule has 0 bridgehead atoms. The number of carbonyl (C=O) groups is 1. The number of halogens is 5. The fourth-order valence-electron chi connectivity index (χ4n) is 3.03. The van der Waals surface area contributed by atoms with Gasteiger partial charge in [0.2, 0.25) is 0 Å². The number of urea groups is 1. The van der Waals surface area contributed by atoms with Gasteiger partial charge in [-0.15, -0.1) is 0 Å². The summed E-state index contributed by atoms with van der Waals surface area (Å²) in [5, 5.41) is 4.31. The van der Waals surface area contributed by atoms with E-state index in [1.165, 1.54) is 0 Å². The zero-order valence-electron chi connectivity index (χ0n) is 16.5. The zero-order chi connectivity index (χ0) is 23.6. The Morgan fingerprint density at radius 1 is 1.06 bits per heavy atom. The lowest BCUT2D eigenvalue weighted by molar-refractivity contribution is -0.136. The number of nitrogens with zero attached hydrogens (tertiary/aromatic N) is 2. The first-order valence-corrected chi connectivity index (χ1v) is 9.36. The van der Waals surface area contributed by atoms with E-state index < -0.39 is 46.3 Å². The smallest absolute Gasteiger partial charge is 0.418 e. The molecule has 0 atom stereocenters. The quantitative estimate of drug-likeness (QED) is 0.347. The Labute approximate surface area is 182 Å². The minimum atomic E-state index is -4.74. The molecular formula is C21H14F5N5O2. The van der Waals surface area contributed by atoms with Crippen molar-refractivity contribution in [1.82, 2.24) is 20.3 Å². The molecule has 0 saturated heterocycles. The van der Waals surface area contributed by atoms with Gasteiger partial charge >= 0.3 is 12.2 Å². The Hall–Kier alpha value is -4.22. The van der Waals surface area contributed by atoms with Gasteiger partial charge in [0, 0.05) is 49.2 Å². The van der Waals surface area contributed by atoms with Gasteiger partial charge in [-0.1, -0.05) is 0 Å². The summed E-state index contributed by atoms with van der Waals surface area (Å²) in [5.74, 6) is -3.83. The third-order valence-electron chi connectivity index (χ3n) is 4.51. The van der Waals surface area contributed by atoms with Crippen molar-refractivity contribution in [2.24, 2.45) is 0 Å². The third kappa shape index (κ3) is 4.84. The number of carbonyl (C=O) groups excluding carboxylic acids is 1. The predicted octanol–water partition coefficient (Wildman–Crippen LogP) is 5.37. The van der Waals surface area contributed by atoms with Crippen LogP contribution in [0.1, 0.15) is 11.1 Å². The average Bonchev–Trinajstić information content (AvgIpc) is 3.21. The molecule has 0 radical (unpaired) electrons. The second-order valence-electron chi connectivity index (χ2n) is 6.77. The van der Waals surface area contributed by atoms with E-state index in [2.05, 4.69) is 25.6 Å². The first-order chi connectivity index (χ1) is 15.7. The molecule has 0 spiro atoms. The molecule has 3 N–H and O–H groups in total. The van der Waals surface area contributed by atoms with Crippen molar-refractivity contribution < 1.29 is 31.5 Å². The molecule has 4 rings (SSSR count). The maximum atomic E-state index is 14.6. The Morgan fingerprint density at radius 3 is 2.42 bits per heavy atom. The number of ether oxygens (including phenoxy) is 1. The van der Waals surface area contributed by atoms with Crippen molar-refractivity contribution in [3.8, 4) is 11.5 Å². The predicted molar refractivity (Wildman–Crippen MR) is 108 cm³/mol. The van der Waals surface area contributed by atoms with Crippen molar-refractivity contribution in [1.29, 1.82) is 0 Å². The molecule has 170 valence electrons. The number of amides is 2. The number of benzene rings is 1. The van der Waals surface area contributed by atoms with Gasteiger partial charge < -0.3 is 20.4 Å². The van der Waals surface area contributed by atoms with E-state index in [0.717, 1.165) is 30.0 Å². The summed E-state index contributed by atoms with van der Waals surface area (Å²) >= 11 is 0. The van der Waals surface area contributed by atoms with Gasteiger partial charge in [0.25, 0.3) is 0 Å². The first kappa shape index (κ1) is 22.0. The van der Waals surface area contributed by atoms with E-state index in [4.69, 9.17) is 4.74 Å². The summed E-state index contributed by atoms with van der Waals surface area (Å²) in [6.45, 7) is 0.150. The third-order valence-corrected chi connectivity index (χ3v) is 4.51. The molecule has 2 amide bonds. The number of hydrogen-bond donors (Lipinski definition) is 3. The van der Waals surface area contributed by atoms with Crippen molar-refractivity contribution in [3.05, 3.63) is 77.9 Å². The number of rotatable bonds is 5. The van der Waals surface area contributed by atoms with Crippen molar-refractivity contribution >= 4 is 22.8 Å². The van der Waals surface area contributed by atoms with Crippen LogP contribution in [0.4, 0.5) is 32.4 Å². The van der Waals surface area contributed by atoms with Crippen molar-refractivity contribution in [2.45, 2.75) is 12.7 Å². The molecule has 12 heteroatoms. The van der Waals surface area contributed by atoms with Gasteiger partial charge in [-0.25, -0.2) is 18.6 Å². The Bertz CT molecular complexity index is 1280. The van der Waals surface area contributed by atoms with Gasteiger partial charge in [-0.3, -0.25) is 4.98 Å². The second kappa shape index (κ2) is 8.73. The Balaban J connectivity index is 1.54. The number of hydrogen-bond acceptors (Lipinski definition) is 4. The highest BCUT2D eigenvalue weighted by atomic mass is 19.4. The summed E-state index contributed by atoms with van der Waals surface area (Å²) in [4.78, 5) is 22.0. The first-order valence-electron chi connectivity index (χ1n) is 9.36. The number of aromatic nitrogens is 3. The number of aromatic amines is 1. The molecule has 33 heavy (non-hydrogen) atoms.